The van der Waals surface area contributed by atoms with Crippen LogP contribution in [0.1, 0.15) is 5.56 Å². The van der Waals surface area contributed by atoms with Crippen molar-refractivity contribution in [3.63, 3.8) is 0 Å². The number of benzene rings is 7. The molecule has 0 fully saturated rings. The number of aromatic nitrogens is 2. The van der Waals surface area contributed by atoms with Gasteiger partial charge in [0.1, 0.15) is 6.07 Å². The largest absolute Gasteiger partial charge is 0.321 e. The zero-order chi connectivity index (χ0) is 35.8. The third-order valence-corrected chi connectivity index (χ3v) is 11.4. The number of nitriles is 1. The highest BCUT2D eigenvalue weighted by molar-refractivity contribution is 7.26. The minimum Gasteiger partial charge on any atom is -0.321 e. The van der Waals surface area contributed by atoms with Gasteiger partial charge in [-0.1, -0.05) is 91.0 Å². The van der Waals surface area contributed by atoms with Crippen LogP contribution in [0.25, 0.3) is 101 Å². The Bertz CT molecular complexity index is 3350. The highest BCUT2D eigenvalue weighted by atomic mass is 32.1. The lowest BCUT2D eigenvalue weighted by atomic mass is 9.93. The lowest BCUT2D eigenvalue weighted by molar-refractivity contribution is 1.16. The molecule has 242 valence electrons. The fourth-order valence-corrected chi connectivity index (χ4v) is 9.26. The maximum atomic E-state index is 11.2. The molecule has 3 aromatic heterocycles. The molecule has 0 N–H and O–H groups in total. The number of thiophene rings is 1. The fraction of sp³-hybridized carbons (Fsp3) is 0. The molecule has 0 unspecified atom stereocenters. The molecule has 0 saturated heterocycles. The van der Waals surface area contributed by atoms with Gasteiger partial charge in [0, 0.05) is 47.4 Å². The molecule has 0 spiro atoms. The summed E-state index contributed by atoms with van der Waals surface area (Å²) < 4.78 is 6.55. The Balaban J connectivity index is 1.36. The first-order valence-electron chi connectivity index (χ1n) is 16.9. The predicted molar refractivity (Wildman–Crippen MR) is 217 cm³/mol. The van der Waals surface area contributed by atoms with Crippen molar-refractivity contribution in [2.45, 2.75) is 0 Å². The quantitative estimate of drug-likeness (QED) is 0.170. The number of fused-ring (bicyclic) bond motifs is 10. The summed E-state index contributed by atoms with van der Waals surface area (Å²) in [5.41, 5.74) is 6.42. The van der Waals surface area contributed by atoms with Crippen LogP contribution < -0.4 is 0 Å². The SMILES string of the molecule is [C-]#[N+]c1cc([N+]#[C-])c(-c2cccc(-n3c4ccccc4c4c5c(ccc43)sc3ccccc35)c2C#N)c(-n2c3ccccc3c3ccccc32)c1[N+]#[C-]. The van der Waals surface area contributed by atoms with Gasteiger partial charge in [0.25, 0.3) is 0 Å². The van der Waals surface area contributed by atoms with E-state index in [0.717, 1.165) is 43.6 Å². The highest BCUT2D eigenvalue weighted by Gasteiger charge is 2.27. The van der Waals surface area contributed by atoms with E-state index in [1.807, 2.05) is 83.4 Å². The van der Waals surface area contributed by atoms with Crippen molar-refractivity contribution in [3.8, 4) is 28.6 Å². The molecule has 0 atom stereocenters. The van der Waals surface area contributed by atoms with Crippen LogP contribution in [0, 0.1) is 31.0 Å². The van der Waals surface area contributed by atoms with E-state index in [0.29, 0.717) is 28.1 Å². The zero-order valence-electron chi connectivity index (χ0n) is 27.8. The molecule has 53 heavy (non-hydrogen) atoms. The van der Waals surface area contributed by atoms with Crippen LogP contribution in [0.15, 0.2) is 133 Å². The van der Waals surface area contributed by atoms with E-state index in [4.69, 9.17) is 19.7 Å². The third-order valence-electron chi connectivity index (χ3n) is 10.2. The van der Waals surface area contributed by atoms with Crippen molar-refractivity contribution >= 4 is 92.2 Å². The van der Waals surface area contributed by atoms with E-state index in [9.17, 15) is 5.26 Å². The summed E-state index contributed by atoms with van der Waals surface area (Å²) >= 11 is 1.77. The van der Waals surface area contributed by atoms with Gasteiger partial charge >= 0.3 is 0 Å². The second-order valence-corrected chi connectivity index (χ2v) is 13.9. The molecule has 10 rings (SSSR count). The standard InChI is InChI=1S/C46H22N6S/c1-48-33-25-34(49-2)45(50-3)46(52-35-18-8-4-13-27(35)28-14-5-9-19-36(28)52)42(33)29-17-12-21-38(32(29)26-47)51-37-20-10-6-15-30(37)43-39(51)23-24-41-44(43)31-16-7-11-22-40(31)53-41/h4-25H. The summed E-state index contributed by atoms with van der Waals surface area (Å²) in [5.74, 6) is 0. The summed E-state index contributed by atoms with van der Waals surface area (Å²) in [6, 6.07) is 46.7. The van der Waals surface area contributed by atoms with Crippen LogP contribution >= 0.6 is 11.3 Å². The summed E-state index contributed by atoms with van der Waals surface area (Å²) in [6.45, 7) is 24.8. The molecule has 0 aliphatic carbocycles. The summed E-state index contributed by atoms with van der Waals surface area (Å²) in [6.07, 6.45) is 0. The van der Waals surface area contributed by atoms with Crippen LogP contribution in [-0.4, -0.2) is 9.13 Å². The molecule has 0 amide bonds. The van der Waals surface area contributed by atoms with Gasteiger partial charge in [-0.25, -0.2) is 9.69 Å². The molecule has 0 saturated carbocycles. The van der Waals surface area contributed by atoms with Crippen molar-refractivity contribution in [2.75, 3.05) is 0 Å². The van der Waals surface area contributed by atoms with Crippen molar-refractivity contribution in [1.29, 1.82) is 5.26 Å². The Hall–Kier alpha value is -7.68. The van der Waals surface area contributed by atoms with Crippen molar-refractivity contribution < 1.29 is 0 Å². The van der Waals surface area contributed by atoms with Gasteiger partial charge < -0.3 is 9.13 Å². The molecule has 7 heteroatoms. The first-order valence-corrected chi connectivity index (χ1v) is 17.7. The molecule has 0 bridgehead atoms. The molecule has 7 aromatic carbocycles. The van der Waals surface area contributed by atoms with Crippen molar-refractivity contribution in [3.05, 3.63) is 173 Å². The predicted octanol–water partition coefficient (Wildman–Crippen LogP) is 13.4. The van der Waals surface area contributed by atoms with Crippen molar-refractivity contribution in [1.82, 2.24) is 9.13 Å². The smallest absolute Gasteiger partial charge is 0.215 e. The van der Waals surface area contributed by atoms with E-state index in [1.54, 1.807) is 11.3 Å². The molecule has 0 aliphatic heterocycles. The number of nitrogens with zero attached hydrogens (tertiary/aromatic N) is 6. The van der Waals surface area contributed by atoms with E-state index in [2.05, 4.69) is 73.7 Å². The Labute approximate surface area is 307 Å². The molecule has 3 heterocycles. The zero-order valence-corrected chi connectivity index (χ0v) is 28.6. The highest BCUT2D eigenvalue weighted by Crippen LogP contribution is 2.51. The normalized spacial score (nSPS) is 11.3. The molecule has 6 nitrogen and oxygen atoms in total. The number of hydrogen-bond acceptors (Lipinski definition) is 2. The summed E-state index contributed by atoms with van der Waals surface area (Å²) in [4.78, 5) is 11.7. The summed E-state index contributed by atoms with van der Waals surface area (Å²) in [7, 11) is 0. The third kappa shape index (κ3) is 4.09. The maximum Gasteiger partial charge on any atom is 0.215 e. The monoisotopic (exact) mass is 690 g/mol. The first kappa shape index (κ1) is 30.2. The molecule has 10 aromatic rings. The first-order chi connectivity index (χ1) is 26.2. The second kappa shape index (κ2) is 11.4. The van der Waals surface area contributed by atoms with E-state index in [-0.39, 0.29) is 17.1 Å². The molecular formula is C46H22N6S. The van der Waals surface area contributed by atoms with Gasteiger partial charge in [-0.3, -0.25) is 4.85 Å². The van der Waals surface area contributed by atoms with E-state index < -0.39 is 0 Å². The van der Waals surface area contributed by atoms with Gasteiger partial charge in [-0.15, -0.1) is 11.3 Å². The van der Waals surface area contributed by atoms with Crippen LogP contribution in [0.4, 0.5) is 17.1 Å². The average molecular weight is 691 g/mol. The van der Waals surface area contributed by atoms with Crippen LogP contribution in [0.5, 0.6) is 0 Å². The van der Waals surface area contributed by atoms with Crippen LogP contribution in [0.2, 0.25) is 0 Å². The van der Waals surface area contributed by atoms with Crippen LogP contribution in [0.3, 0.4) is 0 Å². The topological polar surface area (TPSA) is 46.7 Å². The Morgan fingerprint density at radius 2 is 1.15 bits per heavy atom. The van der Waals surface area contributed by atoms with Crippen molar-refractivity contribution in [2.24, 2.45) is 0 Å². The maximum absolute atomic E-state index is 11.2. The number of hydrogen-bond donors (Lipinski definition) is 0. The number of rotatable bonds is 3. The van der Waals surface area contributed by atoms with Gasteiger partial charge in [-0.2, -0.15) is 5.26 Å². The van der Waals surface area contributed by atoms with E-state index in [1.165, 1.54) is 26.2 Å². The van der Waals surface area contributed by atoms with Crippen LogP contribution in [-0.2, 0) is 0 Å². The Kier molecular flexibility index (Phi) is 6.50. The van der Waals surface area contributed by atoms with E-state index >= 15 is 0 Å². The lowest BCUT2D eigenvalue weighted by Gasteiger charge is -2.21. The summed E-state index contributed by atoms with van der Waals surface area (Å²) in [5, 5.41) is 17.7. The van der Waals surface area contributed by atoms with Gasteiger partial charge in [0.2, 0.25) is 5.69 Å². The minimum absolute atomic E-state index is 0.0932. The lowest BCUT2D eigenvalue weighted by Crippen LogP contribution is -2.03. The average Bonchev–Trinajstić information content (AvgIpc) is 3.87. The molecular weight excluding hydrogens is 669 g/mol. The minimum atomic E-state index is 0.0932. The van der Waals surface area contributed by atoms with Gasteiger partial charge in [-0.05, 0) is 53.6 Å². The number of para-hydroxylation sites is 3. The fourth-order valence-electron chi connectivity index (χ4n) is 8.15. The molecule has 0 aliphatic rings. The second-order valence-electron chi connectivity index (χ2n) is 12.8. The Morgan fingerprint density at radius 3 is 1.81 bits per heavy atom. The molecule has 0 radical (unpaired) electrons. The Morgan fingerprint density at radius 1 is 0.528 bits per heavy atom. The van der Waals surface area contributed by atoms with Gasteiger partial charge in [0.15, 0.2) is 11.4 Å². The van der Waals surface area contributed by atoms with Gasteiger partial charge in [0.05, 0.1) is 53.0 Å².